The third-order valence-corrected chi connectivity index (χ3v) is 20.9. The fraction of sp³-hybridized carbons (Fsp3) is 0.576. The number of carboxylic acids is 1. The monoisotopic (exact) mass is 1320 g/mol. The Morgan fingerprint density at radius 1 is 0.614 bits per heavy atom. The van der Waals surface area contributed by atoms with Gasteiger partial charge in [0.2, 0.25) is 36.0 Å². The molecule has 0 aromatic heterocycles. The van der Waals surface area contributed by atoms with E-state index >= 15 is 0 Å². The van der Waals surface area contributed by atoms with Gasteiger partial charge >= 0.3 is 57.5 Å². The van der Waals surface area contributed by atoms with E-state index in [1.807, 2.05) is 0 Å². The normalized spacial score (nSPS) is 14.4. The smallest absolute Gasteiger partial charge is 0.550 e. The Hall–Kier alpha value is -4.85. The molecule has 488 valence electrons. The molecule has 0 aliphatic carbocycles. The van der Waals surface area contributed by atoms with E-state index in [0.29, 0.717) is 63.1 Å². The molecule has 1 amide bonds. The number of likely N-dealkylation sites (N-methyl/N-ethyl adjacent to an activating group) is 2. The van der Waals surface area contributed by atoms with Gasteiger partial charge in [0.05, 0.1) is 48.9 Å². The first-order valence-electron chi connectivity index (χ1n) is 27.9. The third kappa shape index (κ3) is 26.2. The molecule has 0 bridgehead atoms. The van der Waals surface area contributed by atoms with Gasteiger partial charge in [-0.1, -0.05) is 6.92 Å². The number of hydrogen-bond acceptors (Lipinski definition) is 21. The van der Waals surface area contributed by atoms with Crippen molar-refractivity contribution in [1.82, 2.24) is 27.6 Å². The van der Waals surface area contributed by atoms with Crippen LogP contribution in [0.1, 0.15) is 98.6 Å². The van der Waals surface area contributed by atoms with Crippen LogP contribution in [-0.2, 0) is 73.2 Å². The number of benzene rings is 3. The molecule has 2 aliphatic heterocycles. The minimum Gasteiger partial charge on any atom is -0.550 e. The second-order valence-electron chi connectivity index (χ2n) is 21.1. The number of carbonyl (C=O) groups is 6. The average molecular weight is 1320 g/mol. The van der Waals surface area contributed by atoms with Crippen molar-refractivity contribution in [3.8, 4) is 17.2 Å². The van der Waals surface area contributed by atoms with Gasteiger partial charge in [0.15, 0.2) is 0 Å². The van der Waals surface area contributed by atoms with Crippen molar-refractivity contribution in [3.63, 3.8) is 0 Å². The predicted molar refractivity (Wildman–Crippen MR) is 322 cm³/mol. The summed E-state index contributed by atoms with van der Waals surface area (Å²) < 4.78 is 100. The number of ether oxygens (including phenoxy) is 4. The molecular weight excluding hydrogens is 1230 g/mol. The van der Waals surface area contributed by atoms with E-state index < -0.39 is 36.0 Å². The Labute approximate surface area is 563 Å². The second-order valence-corrected chi connectivity index (χ2v) is 27.1. The summed E-state index contributed by atoms with van der Waals surface area (Å²) in [6.45, 7) is 17.7. The Morgan fingerprint density at radius 2 is 0.943 bits per heavy atom. The molecule has 2 heterocycles. The number of Topliss-reactive ketones (excluding diaryl/α,β-unsaturated/α-hetero) is 3. The molecule has 2 fully saturated rings. The molecule has 2 aliphatic rings. The van der Waals surface area contributed by atoms with Gasteiger partial charge in [-0.05, 0) is 164 Å². The van der Waals surface area contributed by atoms with Gasteiger partial charge in [0.25, 0.3) is 6.47 Å². The molecule has 5 rings (SSSR count). The van der Waals surface area contributed by atoms with Crippen molar-refractivity contribution in [2.45, 2.75) is 134 Å². The number of carboxylic acid groups (broad SMARTS) is 1. The van der Waals surface area contributed by atoms with Crippen LogP contribution in [0.4, 0.5) is 0 Å². The molecule has 0 saturated carbocycles. The number of aliphatic carboxylic acids is 1. The van der Waals surface area contributed by atoms with Crippen LogP contribution in [0.15, 0.2) is 51.1 Å². The number of nitrogens with zero attached hydrogens (tertiary/aromatic N) is 6. The van der Waals surface area contributed by atoms with E-state index in [9.17, 15) is 59.1 Å². The van der Waals surface area contributed by atoms with Crippen LogP contribution in [-0.4, -0.2) is 216 Å². The van der Waals surface area contributed by atoms with Crippen LogP contribution in [0.5, 0.6) is 17.2 Å². The zero-order valence-corrected chi connectivity index (χ0v) is 59.7. The van der Waals surface area contributed by atoms with Gasteiger partial charge < -0.3 is 38.6 Å². The van der Waals surface area contributed by atoms with E-state index in [1.165, 1.54) is 60.6 Å². The van der Waals surface area contributed by atoms with Gasteiger partial charge in [-0.25, -0.2) is 33.9 Å². The van der Waals surface area contributed by atoms with Crippen LogP contribution in [0, 0.1) is 41.5 Å². The van der Waals surface area contributed by atoms with Crippen LogP contribution in [0.25, 0.3) is 0 Å². The Balaban J connectivity index is 0.00000126. The van der Waals surface area contributed by atoms with Crippen LogP contribution >= 0.6 is 0 Å². The fourth-order valence-corrected chi connectivity index (χ4v) is 14.4. The summed E-state index contributed by atoms with van der Waals surface area (Å²) in [7, 11) is 1.77. The van der Waals surface area contributed by atoms with E-state index in [2.05, 4.69) is 21.6 Å². The molecule has 3 aromatic carbocycles. The quantitative estimate of drug-likeness (QED) is 0.0456. The first kappa shape index (κ1) is 83.1. The third-order valence-electron chi connectivity index (χ3n) is 14.4. The van der Waals surface area contributed by atoms with E-state index in [-0.39, 0.29) is 160 Å². The van der Waals surface area contributed by atoms with Crippen molar-refractivity contribution < 1.29 is 139 Å². The van der Waals surface area contributed by atoms with Crippen LogP contribution < -0.4 is 70.7 Å². The number of carbonyl (C=O) groups excluding carboxylic acids is 8. The predicted octanol–water partition coefficient (Wildman–Crippen LogP) is 0.452. The van der Waals surface area contributed by atoms with Gasteiger partial charge in [-0.2, -0.15) is 13.9 Å². The maximum atomic E-state index is 13.2. The summed E-state index contributed by atoms with van der Waals surface area (Å²) in [6, 6.07) is 10.7. The number of piperidine rings is 1. The second kappa shape index (κ2) is 40.1. The number of methoxy groups -OCH3 is 3. The van der Waals surface area contributed by atoms with Gasteiger partial charge in [0.1, 0.15) is 41.2 Å². The largest absolute Gasteiger partial charge is 1.00 e. The molecule has 3 aromatic rings. The maximum Gasteiger partial charge on any atom is 1.00 e. The van der Waals surface area contributed by atoms with Gasteiger partial charge in [-0.15, -0.1) is 0 Å². The first-order valence-corrected chi connectivity index (χ1v) is 32.2. The molecule has 1 atom stereocenters. The molecule has 0 unspecified atom stereocenters. The Morgan fingerprint density at radius 3 is 1.25 bits per heavy atom. The summed E-state index contributed by atoms with van der Waals surface area (Å²) in [5.74, 6) is -0.106. The first-order chi connectivity index (χ1) is 40.5. The standard InChI is InChI=1S/C26H42N4O5S.C16H23NO5S.C13H19NO5S.C3H6O2.CO2.K/c1-19-15-24(35-6)16-20(2)26(19)36(33,34)28(4)13-10-23(31)17-25(32)29(5)22-9-14-30(18-22)21-7-11-27(3)12-8-21;1-11-8-15(22-5)9-12(2)16(11)23(20,21)17(4)7-6-14(19)10-13(3)18;1-10-7-12(18-4)8-11(2)13(10)20(16,17)14(3)5-6-19-9-15;1-2-3(4)5;2-1-3;/h15-16,21-22H,7-14,17-18H2,1-6H3;8-9H,6-7,10H2,1-5H3;7-9H,5-6H2,1-4H3;2H2,1H3,(H,4,5);;/q;;;;;+1/p-1/t22-;;;;;/m1...../s1. The molecule has 25 nitrogen and oxygen atoms in total. The number of sulfonamides is 3. The summed E-state index contributed by atoms with van der Waals surface area (Å²) in [6.07, 6.45) is 3.25. The molecular formula is C59H89KN6O19S3. The molecule has 29 heteroatoms. The zero-order chi connectivity index (χ0) is 66.7. The van der Waals surface area contributed by atoms with Crippen LogP contribution in [0.2, 0.25) is 0 Å². The Bertz CT molecular complexity index is 3140. The number of likely N-dealkylation sites (tertiary alicyclic amines) is 2. The van der Waals surface area contributed by atoms with Gasteiger partial charge in [0, 0.05) is 91.8 Å². The van der Waals surface area contributed by atoms with Crippen molar-refractivity contribution in [2.75, 3.05) is 109 Å². The topological polar surface area (TPSA) is 318 Å². The maximum absolute atomic E-state index is 13.2. The number of hydrogen-bond donors (Lipinski definition) is 0. The number of ketones is 3. The van der Waals surface area contributed by atoms with E-state index in [4.69, 9.17) is 23.8 Å². The summed E-state index contributed by atoms with van der Waals surface area (Å²) in [4.78, 5) is 90.8. The molecule has 0 radical (unpaired) electrons. The number of amides is 1. The van der Waals surface area contributed by atoms with Crippen molar-refractivity contribution in [3.05, 3.63) is 69.8 Å². The molecule has 2 saturated heterocycles. The minimum absolute atomic E-state index is 0. The number of aryl methyl sites for hydroxylation is 6. The average Bonchev–Trinajstić information content (AvgIpc) is 1.29. The SMILES string of the molecule is CCC(=O)[O-].COc1cc(C)c(S(=O)(=O)N(C)CCC(=O)CC(=O)N(C)[C@@H]2CCN(C3CCN(C)CC3)C2)c(C)c1.COc1cc(C)c(S(=O)(=O)N(C)CCC(=O)CC(C)=O)c(C)c1.COc1cc(C)c(S(=O)(=O)N(C)CCOC=O)c(C)c1.O=C=O.[K+]. The molecule has 0 spiro atoms. The Kier molecular flexibility index (Phi) is 37.9. The summed E-state index contributed by atoms with van der Waals surface area (Å²) in [5.41, 5.74) is 3.59. The molecule has 0 N–H and O–H groups in total. The van der Waals surface area contributed by atoms with E-state index in [1.54, 1.807) is 89.9 Å². The minimum atomic E-state index is -3.78. The van der Waals surface area contributed by atoms with Crippen molar-refractivity contribution in [2.24, 2.45) is 0 Å². The molecule has 88 heavy (non-hydrogen) atoms. The zero-order valence-electron chi connectivity index (χ0n) is 54.2. The summed E-state index contributed by atoms with van der Waals surface area (Å²) in [5, 5.41) is 9.26. The number of rotatable bonds is 26. The van der Waals surface area contributed by atoms with Crippen molar-refractivity contribution >= 4 is 71.9 Å². The van der Waals surface area contributed by atoms with E-state index in [0.717, 1.165) is 54.1 Å². The summed E-state index contributed by atoms with van der Waals surface area (Å²) >= 11 is 0. The van der Waals surface area contributed by atoms with Crippen LogP contribution in [0.3, 0.4) is 0 Å². The fourth-order valence-electron chi connectivity index (χ4n) is 9.65. The van der Waals surface area contributed by atoms with Gasteiger partial charge in [-0.3, -0.25) is 28.9 Å². The van der Waals surface area contributed by atoms with Crippen molar-refractivity contribution in [1.29, 1.82) is 0 Å².